The first-order valence-corrected chi connectivity index (χ1v) is 5.80. The van der Waals surface area contributed by atoms with Gasteiger partial charge in [-0.25, -0.2) is 8.78 Å². The maximum absolute atomic E-state index is 13.5. The van der Waals surface area contributed by atoms with Crippen LogP contribution in [0.3, 0.4) is 0 Å². The Morgan fingerprint density at radius 3 is 2.47 bits per heavy atom. The lowest BCUT2D eigenvalue weighted by atomic mass is 10.1. The summed E-state index contributed by atoms with van der Waals surface area (Å²) in [4.78, 5) is 24.2. The number of amides is 1. The first-order valence-electron chi connectivity index (χ1n) is 5.80. The van der Waals surface area contributed by atoms with E-state index in [0.717, 1.165) is 17.0 Å². The molecule has 1 aliphatic carbocycles. The molecule has 4 nitrogen and oxygen atoms in total. The lowest BCUT2D eigenvalue weighted by Gasteiger charge is -2.21. The van der Waals surface area contributed by atoms with Crippen molar-refractivity contribution in [2.75, 3.05) is 7.05 Å². The Balaban J connectivity index is 2.11. The molecular weight excluding hydrogens is 256 g/mol. The van der Waals surface area contributed by atoms with Crippen molar-refractivity contribution in [1.29, 1.82) is 0 Å². The van der Waals surface area contributed by atoms with Crippen LogP contribution >= 0.6 is 0 Å². The lowest BCUT2D eigenvalue weighted by Crippen LogP contribution is -2.38. The van der Waals surface area contributed by atoms with Crippen molar-refractivity contribution >= 4 is 11.9 Å². The minimum absolute atomic E-state index is 0.0834. The summed E-state index contributed by atoms with van der Waals surface area (Å²) in [5.74, 6) is -3.13. The molecule has 102 valence electrons. The maximum Gasteiger partial charge on any atom is 0.319 e. The molecule has 1 amide bonds. The van der Waals surface area contributed by atoms with Gasteiger partial charge in [0.05, 0.1) is 0 Å². The second-order valence-corrected chi connectivity index (χ2v) is 4.78. The molecular formula is C13H13F2NO3. The molecule has 0 spiro atoms. The summed E-state index contributed by atoms with van der Waals surface area (Å²) < 4.78 is 26.2. The largest absolute Gasteiger partial charge is 0.480 e. The number of carbonyl (C=O) groups excluding carboxylic acids is 1. The summed E-state index contributed by atoms with van der Waals surface area (Å²) in [5, 5.41) is 9.01. The molecule has 1 aromatic carbocycles. The van der Waals surface area contributed by atoms with Crippen LogP contribution in [0, 0.1) is 17.0 Å². The number of carboxylic acids is 1. The van der Waals surface area contributed by atoms with Crippen molar-refractivity contribution in [2.24, 2.45) is 5.41 Å². The smallest absolute Gasteiger partial charge is 0.319 e. The van der Waals surface area contributed by atoms with Crippen molar-refractivity contribution < 1.29 is 23.5 Å². The van der Waals surface area contributed by atoms with Crippen molar-refractivity contribution in [2.45, 2.75) is 19.4 Å². The molecule has 0 atom stereocenters. The van der Waals surface area contributed by atoms with E-state index < -0.39 is 28.9 Å². The van der Waals surface area contributed by atoms with E-state index in [9.17, 15) is 18.4 Å². The van der Waals surface area contributed by atoms with Gasteiger partial charge >= 0.3 is 5.97 Å². The van der Waals surface area contributed by atoms with E-state index in [1.54, 1.807) is 0 Å². The Morgan fingerprint density at radius 2 is 2.00 bits per heavy atom. The summed E-state index contributed by atoms with van der Waals surface area (Å²) in [6.07, 6.45) is 0.606. The highest BCUT2D eigenvalue weighted by Crippen LogP contribution is 2.47. The minimum Gasteiger partial charge on any atom is -0.480 e. The molecule has 19 heavy (non-hydrogen) atoms. The molecule has 1 N–H and O–H groups in total. The second kappa shape index (κ2) is 4.60. The number of nitrogens with zero attached hydrogens (tertiary/aromatic N) is 1. The molecule has 0 heterocycles. The third-order valence-corrected chi connectivity index (χ3v) is 3.34. The number of carbonyl (C=O) groups is 2. The van der Waals surface area contributed by atoms with Gasteiger partial charge in [-0.05, 0) is 18.9 Å². The molecule has 0 unspecified atom stereocenters. The molecule has 0 aliphatic heterocycles. The van der Waals surface area contributed by atoms with E-state index in [1.807, 2.05) is 0 Å². The summed E-state index contributed by atoms with van der Waals surface area (Å²) in [6.45, 7) is -0.0834. The Morgan fingerprint density at radius 1 is 1.37 bits per heavy atom. The van der Waals surface area contributed by atoms with Gasteiger partial charge < -0.3 is 10.0 Å². The normalized spacial score (nSPS) is 15.9. The lowest BCUT2D eigenvalue weighted by molar-refractivity contribution is -0.153. The fourth-order valence-corrected chi connectivity index (χ4v) is 1.99. The molecule has 0 saturated heterocycles. The van der Waals surface area contributed by atoms with E-state index in [1.165, 1.54) is 13.1 Å². The van der Waals surface area contributed by atoms with Crippen LogP contribution in [-0.4, -0.2) is 28.9 Å². The second-order valence-electron chi connectivity index (χ2n) is 4.78. The number of hydrogen-bond donors (Lipinski definition) is 1. The van der Waals surface area contributed by atoms with Crippen LogP contribution in [0.25, 0.3) is 0 Å². The van der Waals surface area contributed by atoms with E-state index >= 15 is 0 Å². The molecule has 1 saturated carbocycles. The summed E-state index contributed by atoms with van der Waals surface area (Å²) in [6, 6.07) is 3.08. The first kappa shape index (κ1) is 13.5. The number of hydrogen-bond acceptors (Lipinski definition) is 2. The van der Waals surface area contributed by atoms with Crippen molar-refractivity contribution in [3.8, 4) is 0 Å². The fourth-order valence-electron chi connectivity index (χ4n) is 1.99. The van der Waals surface area contributed by atoms with Gasteiger partial charge in [-0.1, -0.05) is 6.07 Å². The molecule has 1 aliphatic rings. The van der Waals surface area contributed by atoms with E-state index in [2.05, 4.69) is 0 Å². The summed E-state index contributed by atoms with van der Waals surface area (Å²) >= 11 is 0. The summed E-state index contributed by atoms with van der Waals surface area (Å²) in [7, 11) is 1.41. The summed E-state index contributed by atoms with van der Waals surface area (Å²) in [5.41, 5.74) is -1.19. The maximum atomic E-state index is 13.5. The molecule has 0 bridgehead atoms. The Kier molecular flexibility index (Phi) is 3.26. The van der Waals surface area contributed by atoms with E-state index in [-0.39, 0.29) is 12.1 Å². The number of benzene rings is 1. The van der Waals surface area contributed by atoms with Crippen LogP contribution in [-0.2, 0) is 16.1 Å². The molecule has 1 fully saturated rings. The topological polar surface area (TPSA) is 57.6 Å². The van der Waals surface area contributed by atoms with Gasteiger partial charge in [-0.3, -0.25) is 9.59 Å². The molecule has 6 heteroatoms. The van der Waals surface area contributed by atoms with Gasteiger partial charge in [0.1, 0.15) is 17.0 Å². The zero-order chi connectivity index (χ0) is 14.2. The van der Waals surface area contributed by atoms with Crippen molar-refractivity contribution in [3.63, 3.8) is 0 Å². The quantitative estimate of drug-likeness (QED) is 0.848. The zero-order valence-electron chi connectivity index (χ0n) is 10.3. The Bertz CT molecular complexity index is 541. The van der Waals surface area contributed by atoms with Crippen LogP contribution in [0.4, 0.5) is 8.78 Å². The number of rotatable bonds is 4. The minimum atomic E-state index is -1.34. The average molecular weight is 269 g/mol. The van der Waals surface area contributed by atoms with E-state index in [0.29, 0.717) is 12.8 Å². The molecule has 0 radical (unpaired) electrons. The van der Waals surface area contributed by atoms with Gasteiger partial charge in [-0.15, -0.1) is 0 Å². The third kappa shape index (κ3) is 2.43. The van der Waals surface area contributed by atoms with Crippen LogP contribution in [0.5, 0.6) is 0 Å². The fraction of sp³-hybridized carbons (Fsp3) is 0.385. The van der Waals surface area contributed by atoms with Gasteiger partial charge in [0.15, 0.2) is 0 Å². The van der Waals surface area contributed by atoms with Gasteiger partial charge in [-0.2, -0.15) is 0 Å². The number of aliphatic carboxylic acids is 1. The van der Waals surface area contributed by atoms with Crippen LogP contribution in [0.1, 0.15) is 18.4 Å². The molecule has 2 rings (SSSR count). The van der Waals surface area contributed by atoms with Gasteiger partial charge in [0.2, 0.25) is 5.91 Å². The Labute approximate surface area is 108 Å². The number of carboxylic acid groups (broad SMARTS) is 1. The van der Waals surface area contributed by atoms with Crippen LogP contribution in [0.15, 0.2) is 18.2 Å². The number of halogens is 2. The highest BCUT2D eigenvalue weighted by atomic mass is 19.1. The highest BCUT2D eigenvalue weighted by Gasteiger charge is 2.58. The highest BCUT2D eigenvalue weighted by molar-refractivity contribution is 6.04. The Hall–Kier alpha value is -1.98. The monoisotopic (exact) mass is 269 g/mol. The van der Waals surface area contributed by atoms with Crippen LogP contribution < -0.4 is 0 Å². The van der Waals surface area contributed by atoms with Gasteiger partial charge in [0, 0.05) is 25.2 Å². The van der Waals surface area contributed by atoms with E-state index in [4.69, 9.17) is 5.11 Å². The molecule has 0 aromatic heterocycles. The predicted molar refractivity (Wildman–Crippen MR) is 62.1 cm³/mol. The van der Waals surface area contributed by atoms with Crippen LogP contribution in [0.2, 0.25) is 0 Å². The average Bonchev–Trinajstić information content (AvgIpc) is 3.13. The standard InChI is InChI=1S/C13H13F2NO3/c1-16(11(17)13(4-5-13)12(18)19)7-8-2-3-9(14)6-10(8)15/h2-3,6H,4-5,7H2,1H3,(H,18,19). The third-order valence-electron chi connectivity index (χ3n) is 3.34. The van der Waals surface area contributed by atoms with Gasteiger partial charge in [0.25, 0.3) is 0 Å². The van der Waals surface area contributed by atoms with Crippen molar-refractivity contribution in [1.82, 2.24) is 4.90 Å². The van der Waals surface area contributed by atoms with Crippen molar-refractivity contribution in [3.05, 3.63) is 35.4 Å². The SMILES string of the molecule is CN(Cc1ccc(F)cc1F)C(=O)C1(C(=O)O)CC1. The first-order chi connectivity index (χ1) is 8.86. The zero-order valence-corrected chi connectivity index (χ0v) is 10.3. The predicted octanol–water partition coefficient (Wildman–Crippen LogP) is 1.79. The molecule has 1 aromatic rings.